The lowest BCUT2D eigenvalue weighted by Crippen LogP contribution is -2.35. The van der Waals surface area contributed by atoms with Gasteiger partial charge in [0.1, 0.15) is 0 Å². The number of nitrogens with one attached hydrogen (secondary N) is 1. The molecule has 0 saturated carbocycles. The minimum absolute atomic E-state index is 0.332. The topological polar surface area (TPSA) is 89.2 Å². The Labute approximate surface area is 113 Å². The monoisotopic (exact) mass is 266 g/mol. The summed E-state index contributed by atoms with van der Waals surface area (Å²) in [5.74, 6) is 7.03. The maximum absolute atomic E-state index is 5.47. The molecular formula is C12H22N6O. The molecular weight excluding hydrogens is 244 g/mol. The van der Waals surface area contributed by atoms with Crippen molar-refractivity contribution < 1.29 is 4.74 Å². The van der Waals surface area contributed by atoms with Crippen LogP contribution in [0.25, 0.3) is 0 Å². The van der Waals surface area contributed by atoms with Crippen LogP contribution in [0.3, 0.4) is 0 Å². The van der Waals surface area contributed by atoms with Gasteiger partial charge in [-0.3, -0.25) is 5.43 Å². The number of ether oxygens (including phenoxy) is 1. The molecule has 1 aromatic heterocycles. The van der Waals surface area contributed by atoms with E-state index in [1.807, 2.05) is 6.92 Å². The van der Waals surface area contributed by atoms with Crippen LogP contribution >= 0.6 is 0 Å². The summed E-state index contributed by atoms with van der Waals surface area (Å²) in [7, 11) is 0. The Morgan fingerprint density at radius 3 is 2.95 bits per heavy atom. The predicted octanol–water partition coefficient (Wildman–Crippen LogP) is 1.18. The van der Waals surface area contributed by atoms with Crippen molar-refractivity contribution >= 4 is 11.9 Å². The van der Waals surface area contributed by atoms with Crippen molar-refractivity contribution in [1.29, 1.82) is 0 Å². The molecule has 0 radical (unpaired) electrons. The number of anilines is 2. The third-order valence-corrected chi connectivity index (χ3v) is 3.11. The first-order valence-electron chi connectivity index (χ1n) is 6.83. The van der Waals surface area contributed by atoms with Gasteiger partial charge in [0.2, 0.25) is 11.9 Å². The Balaban J connectivity index is 2.17. The molecule has 2 heterocycles. The zero-order chi connectivity index (χ0) is 13.7. The number of piperidine rings is 1. The van der Waals surface area contributed by atoms with Gasteiger partial charge in [-0.25, -0.2) is 5.84 Å². The number of hydrazine groups is 1. The normalized spacial score (nSPS) is 19.3. The molecule has 1 aliphatic heterocycles. The van der Waals surface area contributed by atoms with Crippen LogP contribution in [0.5, 0.6) is 6.01 Å². The Hall–Kier alpha value is -1.63. The average Bonchev–Trinajstić information content (AvgIpc) is 2.44. The number of rotatable bonds is 5. The molecule has 0 spiro atoms. The number of hydrogen-bond donors (Lipinski definition) is 2. The molecule has 1 saturated heterocycles. The fraction of sp³-hybridized carbons (Fsp3) is 0.750. The maximum atomic E-state index is 5.47. The number of nitrogens with zero attached hydrogens (tertiary/aromatic N) is 4. The molecule has 19 heavy (non-hydrogen) atoms. The molecule has 1 fully saturated rings. The van der Waals surface area contributed by atoms with Crippen LogP contribution < -0.4 is 20.9 Å². The Kier molecular flexibility index (Phi) is 4.73. The zero-order valence-corrected chi connectivity index (χ0v) is 11.6. The van der Waals surface area contributed by atoms with Gasteiger partial charge < -0.3 is 9.64 Å². The number of hydrogen-bond acceptors (Lipinski definition) is 7. The summed E-state index contributed by atoms with van der Waals surface area (Å²) in [6.45, 7) is 6.79. The Bertz CT molecular complexity index is 413. The number of aromatic nitrogens is 3. The van der Waals surface area contributed by atoms with Gasteiger partial charge in [0.15, 0.2) is 0 Å². The van der Waals surface area contributed by atoms with E-state index in [-0.39, 0.29) is 0 Å². The molecule has 1 atom stereocenters. The van der Waals surface area contributed by atoms with E-state index in [1.165, 1.54) is 6.42 Å². The summed E-state index contributed by atoms with van der Waals surface area (Å²) in [4.78, 5) is 14.9. The van der Waals surface area contributed by atoms with Crippen LogP contribution in [-0.2, 0) is 0 Å². The molecule has 1 aliphatic rings. The predicted molar refractivity (Wildman–Crippen MR) is 74.0 cm³/mol. The second-order valence-corrected chi connectivity index (χ2v) is 4.93. The summed E-state index contributed by atoms with van der Waals surface area (Å²) < 4.78 is 5.47. The molecule has 0 aromatic carbocycles. The Morgan fingerprint density at radius 2 is 2.26 bits per heavy atom. The molecule has 2 rings (SSSR count). The van der Waals surface area contributed by atoms with Crippen LogP contribution in [0, 0.1) is 5.92 Å². The number of nitrogen functional groups attached to an aromatic ring is 1. The van der Waals surface area contributed by atoms with Crippen molar-refractivity contribution in [2.75, 3.05) is 30.0 Å². The molecule has 0 bridgehead atoms. The van der Waals surface area contributed by atoms with Gasteiger partial charge in [-0.05, 0) is 25.2 Å². The summed E-state index contributed by atoms with van der Waals surface area (Å²) in [6, 6.07) is 0.332. The lowest BCUT2D eigenvalue weighted by molar-refractivity contribution is 0.291. The van der Waals surface area contributed by atoms with Crippen molar-refractivity contribution in [3.8, 4) is 6.01 Å². The second-order valence-electron chi connectivity index (χ2n) is 4.93. The highest BCUT2D eigenvalue weighted by molar-refractivity contribution is 5.38. The van der Waals surface area contributed by atoms with E-state index < -0.39 is 0 Å². The van der Waals surface area contributed by atoms with E-state index in [0.29, 0.717) is 30.4 Å². The molecule has 1 aromatic rings. The van der Waals surface area contributed by atoms with Gasteiger partial charge in [0, 0.05) is 13.1 Å². The summed E-state index contributed by atoms with van der Waals surface area (Å²) in [5, 5.41) is 0. The van der Waals surface area contributed by atoms with Crippen LogP contribution in [0.15, 0.2) is 0 Å². The molecule has 0 amide bonds. The minimum atomic E-state index is 0.332. The second kappa shape index (κ2) is 6.51. The van der Waals surface area contributed by atoms with Crippen molar-refractivity contribution in [1.82, 2.24) is 15.0 Å². The molecule has 7 heteroatoms. The first kappa shape index (κ1) is 13.8. The molecule has 1 unspecified atom stereocenters. The fourth-order valence-electron chi connectivity index (χ4n) is 2.18. The van der Waals surface area contributed by atoms with E-state index in [0.717, 1.165) is 25.9 Å². The first-order valence-corrected chi connectivity index (χ1v) is 6.83. The standard InChI is InChI=1S/C12H22N6O/c1-3-7-19-12-15-10(17-13)14-11(16-12)18-6-4-5-9(2)8-18/h9H,3-8,13H2,1-2H3,(H,14,15,16,17). The van der Waals surface area contributed by atoms with Gasteiger partial charge in [-0.15, -0.1) is 0 Å². The quantitative estimate of drug-likeness (QED) is 0.611. The smallest absolute Gasteiger partial charge is 0.323 e. The largest absolute Gasteiger partial charge is 0.463 e. The van der Waals surface area contributed by atoms with Crippen molar-refractivity contribution in [3.05, 3.63) is 0 Å². The summed E-state index contributed by atoms with van der Waals surface area (Å²) in [6.07, 6.45) is 3.32. The van der Waals surface area contributed by atoms with E-state index in [4.69, 9.17) is 10.6 Å². The maximum Gasteiger partial charge on any atom is 0.323 e. The molecule has 0 aliphatic carbocycles. The van der Waals surface area contributed by atoms with Crippen molar-refractivity contribution in [3.63, 3.8) is 0 Å². The highest BCUT2D eigenvalue weighted by Gasteiger charge is 2.20. The summed E-state index contributed by atoms with van der Waals surface area (Å²) >= 11 is 0. The highest BCUT2D eigenvalue weighted by Crippen LogP contribution is 2.21. The van der Waals surface area contributed by atoms with Crippen LogP contribution in [0.4, 0.5) is 11.9 Å². The fourth-order valence-corrected chi connectivity index (χ4v) is 2.18. The van der Waals surface area contributed by atoms with Gasteiger partial charge in [0.05, 0.1) is 6.61 Å². The van der Waals surface area contributed by atoms with Gasteiger partial charge in [-0.2, -0.15) is 15.0 Å². The average molecular weight is 266 g/mol. The van der Waals surface area contributed by atoms with Gasteiger partial charge in [0.25, 0.3) is 0 Å². The summed E-state index contributed by atoms with van der Waals surface area (Å²) in [5.41, 5.74) is 2.47. The lowest BCUT2D eigenvalue weighted by Gasteiger charge is -2.30. The van der Waals surface area contributed by atoms with E-state index in [1.54, 1.807) is 0 Å². The van der Waals surface area contributed by atoms with Crippen molar-refractivity contribution in [2.45, 2.75) is 33.1 Å². The van der Waals surface area contributed by atoms with Crippen LogP contribution in [-0.4, -0.2) is 34.6 Å². The van der Waals surface area contributed by atoms with E-state index in [2.05, 4.69) is 32.2 Å². The van der Waals surface area contributed by atoms with E-state index in [9.17, 15) is 0 Å². The van der Waals surface area contributed by atoms with Crippen molar-refractivity contribution in [2.24, 2.45) is 11.8 Å². The third-order valence-electron chi connectivity index (χ3n) is 3.11. The number of nitrogens with two attached hydrogens (primary N) is 1. The highest BCUT2D eigenvalue weighted by atomic mass is 16.5. The van der Waals surface area contributed by atoms with Gasteiger partial charge in [-0.1, -0.05) is 13.8 Å². The minimum Gasteiger partial charge on any atom is -0.463 e. The zero-order valence-electron chi connectivity index (χ0n) is 11.6. The third kappa shape index (κ3) is 3.66. The SMILES string of the molecule is CCCOc1nc(NN)nc(N2CCCC(C)C2)n1. The van der Waals surface area contributed by atoms with Crippen LogP contribution in [0.2, 0.25) is 0 Å². The molecule has 3 N–H and O–H groups in total. The molecule has 106 valence electrons. The Morgan fingerprint density at radius 1 is 1.42 bits per heavy atom. The molecule has 7 nitrogen and oxygen atoms in total. The van der Waals surface area contributed by atoms with E-state index >= 15 is 0 Å². The lowest BCUT2D eigenvalue weighted by atomic mass is 10.0. The van der Waals surface area contributed by atoms with Gasteiger partial charge >= 0.3 is 6.01 Å². The first-order chi connectivity index (χ1) is 9.22. The van der Waals surface area contributed by atoms with Crippen LogP contribution in [0.1, 0.15) is 33.1 Å².